The summed E-state index contributed by atoms with van der Waals surface area (Å²) in [4.78, 5) is 24.9. The molecule has 0 bridgehead atoms. The zero-order chi connectivity index (χ0) is 15.5. The zero-order valence-electron chi connectivity index (χ0n) is 11.5. The Morgan fingerprint density at radius 1 is 1.33 bits per heavy atom. The molecule has 1 aromatic heterocycles. The number of aromatic amines is 1. The molecule has 7 heteroatoms. The highest BCUT2D eigenvalue weighted by atomic mass is 19.3. The van der Waals surface area contributed by atoms with Crippen molar-refractivity contribution in [2.75, 3.05) is 6.54 Å². The van der Waals surface area contributed by atoms with Crippen molar-refractivity contribution in [1.29, 1.82) is 0 Å². The van der Waals surface area contributed by atoms with Crippen molar-refractivity contribution in [3.05, 3.63) is 34.2 Å². The summed E-state index contributed by atoms with van der Waals surface area (Å²) in [5.41, 5.74) is -2.35. The molecule has 0 saturated heterocycles. The van der Waals surface area contributed by atoms with Crippen LogP contribution in [0.3, 0.4) is 0 Å². The van der Waals surface area contributed by atoms with Crippen molar-refractivity contribution in [1.82, 2.24) is 10.3 Å². The van der Waals surface area contributed by atoms with E-state index in [1.807, 2.05) is 0 Å². The SMILES string of the molecule is O=C(NCC(F)(F)C1(O)CCCCC1)c1ccc(=O)[nH]c1. The molecular weight excluding hydrogens is 282 g/mol. The Hall–Kier alpha value is -1.76. The highest BCUT2D eigenvalue weighted by molar-refractivity contribution is 5.93. The number of carbonyl (C=O) groups excluding carboxylic acids is 1. The van der Waals surface area contributed by atoms with Crippen LogP contribution >= 0.6 is 0 Å². The molecule has 2 rings (SSSR count). The van der Waals surface area contributed by atoms with Crippen LogP contribution in [0.15, 0.2) is 23.1 Å². The van der Waals surface area contributed by atoms with Gasteiger partial charge in [-0.15, -0.1) is 0 Å². The lowest BCUT2D eigenvalue weighted by atomic mass is 9.80. The van der Waals surface area contributed by atoms with Crippen LogP contribution in [0.4, 0.5) is 8.78 Å². The number of aliphatic hydroxyl groups is 1. The molecule has 116 valence electrons. The van der Waals surface area contributed by atoms with E-state index < -0.39 is 24.0 Å². The molecule has 0 radical (unpaired) electrons. The second-order valence-electron chi connectivity index (χ2n) is 5.42. The molecule has 0 aliphatic heterocycles. The van der Waals surface area contributed by atoms with E-state index in [4.69, 9.17) is 0 Å². The van der Waals surface area contributed by atoms with Gasteiger partial charge in [0.25, 0.3) is 11.8 Å². The summed E-state index contributed by atoms with van der Waals surface area (Å²) in [6.45, 7) is -0.929. The molecule has 0 aromatic carbocycles. The topological polar surface area (TPSA) is 82.2 Å². The van der Waals surface area contributed by atoms with Crippen molar-refractivity contribution in [3.63, 3.8) is 0 Å². The molecule has 1 aliphatic carbocycles. The maximum atomic E-state index is 14.1. The predicted octanol–water partition coefficient (Wildman–Crippen LogP) is 1.44. The van der Waals surface area contributed by atoms with Crippen molar-refractivity contribution in [2.24, 2.45) is 0 Å². The lowest BCUT2D eigenvalue weighted by molar-refractivity contribution is -0.191. The minimum Gasteiger partial charge on any atom is -0.384 e. The number of halogens is 2. The third-order valence-electron chi connectivity index (χ3n) is 3.88. The van der Waals surface area contributed by atoms with Crippen molar-refractivity contribution in [3.8, 4) is 0 Å². The number of carbonyl (C=O) groups is 1. The molecule has 1 aliphatic rings. The van der Waals surface area contributed by atoms with E-state index in [1.165, 1.54) is 6.07 Å². The molecular formula is C14H18F2N2O3. The first-order valence-electron chi connectivity index (χ1n) is 6.91. The summed E-state index contributed by atoms with van der Waals surface area (Å²) in [6.07, 6.45) is 3.18. The van der Waals surface area contributed by atoms with Gasteiger partial charge in [-0.05, 0) is 18.9 Å². The number of hydrogen-bond acceptors (Lipinski definition) is 3. The lowest BCUT2D eigenvalue weighted by Crippen LogP contribution is -2.55. The van der Waals surface area contributed by atoms with E-state index in [9.17, 15) is 23.5 Å². The number of nitrogens with one attached hydrogen (secondary N) is 2. The minimum absolute atomic E-state index is 0.0362. The summed E-state index contributed by atoms with van der Waals surface area (Å²) >= 11 is 0. The second-order valence-corrected chi connectivity index (χ2v) is 5.42. The monoisotopic (exact) mass is 300 g/mol. The van der Waals surface area contributed by atoms with Crippen LogP contribution in [0.2, 0.25) is 0 Å². The van der Waals surface area contributed by atoms with Gasteiger partial charge in [-0.1, -0.05) is 19.3 Å². The summed E-state index contributed by atoms with van der Waals surface area (Å²) in [6, 6.07) is 2.39. The molecule has 5 nitrogen and oxygen atoms in total. The van der Waals surface area contributed by atoms with Crippen molar-refractivity contribution < 1.29 is 18.7 Å². The Morgan fingerprint density at radius 3 is 2.57 bits per heavy atom. The Balaban J connectivity index is 1.99. The van der Waals surface area contributed by atoms with Gasteiger partial charge in [-0.3, -0.25) is 9.59 Å². The van der Waals surface area contributed by atoms with Gasteiger partial charge in [-0.25, -0.2) is 8.78 Å². The van der Waals surface area contributed by atoms with Crippen LogP contribution in [-0.2, 0) is 0 Å². The molecule has 1 amide bonds. The fourth-order valence-corrected chi connectivity index (χ4v) is 2.51. The van der Waals surface area contributed by atoms with Gasteiger partial charge in [-0.2, -0.15) is 0 Å². The number of alkyl halides is 2. The fourth-order valence-electron chi connectivity index (χ4n) is 2.51. The van der Waals surface area contributed by atoms with Crippen LogP contribution in [0.5, 0.6) is 0 Å². The number of H-pyrrole nitrogens is 1. The van der Waals surface area contributed by atoms with Crippen LogP contribution in [0.25, 0.3) is 0 Å². The molecule has 0 spiro atoms. The number of pyridine rings is 1. The van der Waals surface area contributed by atoms with E-state index in [0.717, 1.165) is 18.7 Å². The Labute approximate surface area is 120 Å². The third-order valence-corrected chi connectivity index (χ3v) is 3.88. The summed E-state index contributed by atoms with van der Waals surface area (Å²) in [5.74, 6) is -4.10. The highest BCUT2D eigenvalue weighted by Crippen LogP contribution is 2.40. The van der Waals surface area contributed by atoms with Crippen molar-refractivity contribution >= 4 is 5.91 Å². The highest BCUT2D eigenvalue weighted by Gasteiger charge is 2.52. The van der Waals surface area contributed by atoms with Crippen LogP contribution in [0.1, 0.15) is 42.5 Å². The minimum atomic E-state index is -3.38. The number of rotatable bonds is 4. The van der Waals surface area contributed by atoms with E-state index in [1.54, 1.807) is 0 Å². The van der Waals surface area contributed by atoms with E-state index >= 15 is 0 Å². The molecule has 3 N–H and O–H groups in total. The Morgan fingerprint density at radius 2 is 2.00 bits per heavy atom. The van der Waals surface area contributed by atoms with Crippen LogP contribution in [0, 0.1) is 0 Å². The predicted molar refractivity (Wildman–Crippen MR) is 72.4 cm³/mol. The first kappa shape index (κ1) is 15.6. The van der Waals surface area contributed by atoms with Gasteiger partial charge < -0.3 is 15.4 Å². The second kappa shape index (κ2) is 5.93. The maximum absolute atomic E-state index is 14.1. The normalized spacial score (nSPS) is 18.2. The van der Waals surface area contributed by atoms with Crippen LogP contribution < -0.4 is 10.9 Å². The molecule has 1 aromatic rings. The number of aromatic nitrogens is 1. The van der Waals surface area contributed by atoms with Gasteiger partial charge in [0.1, 0.15) is 5.60 Å². The largest absolute Gasteiger partial charge is 0.384 e. The smallest absolute Gasteiger partial charge is 0.293 e. The van der Waals surface area contributed by atoms with Gasteiger partial charge in [0.15, 0.2) is 0 Å². The standard InChI is InChI=1S/C14H18F2N2O3/c15-14(16,13(21)6-2-1-3-7-13)9-18-12(20)10-4-5-11(19)17-8-10/h4-5,8,21H,1-3,6-7,9H2,(H,17,19)(H,18,20). The quantitative estimate of drug-likeness (QED) is 0.787. The van der Waals surface area contributed by atoms with E-state index in [0.29, 0.717) is 12.8 Å². The molecule has 0 atom stereocenters. The molecule has 1 fully saturated rings. The summed E-state index contributed by atoms with van der Waals surface area (Å²) in [5, 5.41) is 12.2. The first-order chi connectivity index (χ1) is 9.84. The molecule has 0 unspecified atom stereocenters. The lowest BCUT2D eigenvalue weighted by Gasteiger charge is -2.38. The Kier molecular flexibility index (Phi) is 4.41. The fraction of sp³-hybridized carbons (Fsp3) is 0.571. The molecule has 1 heterocycles. The Bertz CT molecular complexity index is 545. The number of hydrogen-bond donors (Lipinski definition) is 3. The van der Waals surface area contributed by atoms with Gasteiger partial charge >= 0.3 is 0 Å². The third kappa shape index (κ3) is 3.47. The van der Waals surface area contributed by atoms with E-state index in [-0.39, 0.29) is 24.0 Å². The van der Waals surface area contributed by atoms with Gasteiger partial charge in [0, 0.05) is 12.3 Å². The zero-order valence-corrected chi connectivity index (χ0v) is 11.5. The first-order valence-corrected chi connectivity index (χ1v) is 6.91. The average molecular weight is 300 g/mol. The average Bonchev–Trinajstić information content (AvgIpc) is 2.46. The maximum Gasteiger partial charge on any atom is 0.293 e. The van der Waals surface area contributed by atoms with Crippen molar-refractivity contribution in [2.45, 2.75) is 43.6 Å². The van der Waals surface area contributed by atoms with E-state index in [2.05, 4.69) is 10.3 Å². The number of amides is 1. The van der Waals surface area contributed by atoms with Gasteiger partial charge in [0.05, 0.1) is 12.1 Å². The molecule has 1 saturated carbocycles. The summed E-state index contributed by atoms with van der Waals surface area (Å²) in [7, 11) is 0. The summed E-state index contributed by atoms with van der Waals surface area (Å²) < 4.78 is 28.2. The van der Waals surface area contributed by atoms with Crippen LogP contribution in [-0.4, -0.2) is 34.1 Å². The molecule has 21 heavy (non-hydrogen) atoms. The van der Waals surface area contributed by atoms with Gasteiger partial charge in [0.2, 0.25) is 5.56 Å².